The number of carbonyl (C=O) groups is 2. The van der Waals surface area contributed by atoms with Gasteiger partial charge in [-0.05, 0) is 36.6 Å². The van der Waals surface area contributed by atoms with Crippen LogP contribution in [-0.2, 0) is 9.53 Å². The molecule has 1 aromatic heterocycles. The van der Waals surface area contributed by atoms with Crippen LogP contribution in [0.4, 0.5) is 4.79 Å². The summed E-state index contributed by atoms with van der Waals surface area (Å²) < 4.78 is 4.52. The molecule has 1 heterocycles. The van der Waals surface area contributed by atoms with E-state index in [1.165, 1.54) is 19.2 Å². The highest BCUT2D eigenvalue weighted by Gasteiger charge is 2.14. The number of amides is 1. The van der Waals surface area contributed by atoms with Crippen LogP contribution in [0, 0.1) is 5.41 Å². The Hall–Kier alpha value is -2.41. The van der Waals surface area contributed by atoms with Gasteiger partial charge in [0, 0.05) is 11.1 Å². The van der Waals surface area contributed by atoms with Crippen LogP contribution in [0.15, 0.2) is 35.9 Å². The number of rotatable bonds is 6. The molecule has 0 radical (unpaired) electrons. The zero-order valence-electron chi connectivity index (χ0n) is 10.7. The lowest BCUT2D eigenvalue weighted by molar-refractivity contribution is -0.145. The molecule has 1 rings (SSSR count). The standard InChI is InChI=1S/C13H14N2O4S/c1-9(12(16)17)19-13(18)15-7-6-10(14)4-5-11-3-2-8-20-11/h2-9,14H,1H3,(H,15,18)(H,16,17)/b5-4+,7-6-,14-10?/t9-/m0/s1. The number of alkyl carbamates (subject to hydrolysis) is 1. The summed E-state index contributed by atoms with van der Waals surface area (Å²) in [5, 5.41) is 20.3. The third-order valence-electron chi connectivity index (χ3n) is 2.07. The van der Waals surface area contributed by atoms with Gasteiger partial charge < -0.3 is 15.3 Å². The Labute approximate surface area is 119 Å². The molecule has 0 saturated heterocycles. The average Bonchev–Trinajstić information content (AvgIpc) is 2.89. The lowest BCUT2D eigenvalue weighted by Crippen LogP contribution is -2.28. The molecular formula is C13H14N2O4S. The fourth-order valence-corrected chi connectivity index (χ4v) is 1.68. The van der Waals surface area contributed by atoms with Crippen molar-refractivity contribution in [3.05, 3.63) is 40.7 Å². The Morgan fingerprint density at radius 3 is 2.85 bits per heavy atom. The Bertz CT molecular complexity index is 535. The third kappa shape index (κ3) is 5.96. The van der Waals surface area contributed by atoms with E-state index in [2.05, 4.69) is 10.1 Å². The predicted molar refractivity (Wildman–Crippen MR) is 76.9 cm³/mol. The minimum atomic E-state index is -1.23. The number of thiophene rings is 1. The van der Waals surface area contributed by atoms with Crippen molar-refractivity contribution >= 4 is 35.2 Å². The van der Waals surface area contributed by atoms with Crippen LogP contribution >= 0.6 is 11.3 Å². The number of allylic oxidation sites excluding steroid dienone is 2. The van der Waals surface area contributed by atoms with Gasteiger partial charge in [-0.1, -0.05) is 6.07 Å². The first-order valence-electron chi connectivity index (χ1n) is 5.65. The number of ether oxygens (including phenoxy) is 1. The summed E-state index contributed by atoms with van der Waals surface area (Å²) in [7, 11) is 0. The van der Waals surface area contributed by atoms with Gasteiger partial charge in [0.1, 0.15) is 0 Å². The molecular weight excluding hydrogens is 280 g/mol. The van der Waals surface area contributed by atoms with Crippen molar-refractivity contribution in [2.45, 2.75) is 13.0 Å². The fraction of sp³-hybridized carbons (Fsp3) is 0.154. The first-order chi connectivity index (χ1) is 9.49. The van der Waals surface area contributed by atoms with Crippen molar-refractivity contribution in [2.24, 2.45) is 0 Å². The molecule has 20 heavy (non-hydrogen) atoms. The van der Waals surface area contributed by atoms with Crippen LogP contribution < -0.4 is 5.32 Å². The highest BCUT2D eigenvalue weighted by Crippen LogP contribution is 2.10. The summed E-state index contributed by atoms with van der Waals surface area (Å²) in [6.07, 6.45) is 3.83. The molecule has 0 aliphatic carbocycles. The smallest absolute Gasteiger partial charge is 0.411 e. The number of hydrogen-bond donors (Lipinski definition) is 3. The summed E-state index contributed by atoms with van der Waals surface area (Å²) in [5.74, 6) is -1.23. The SMILES string of the molecule is C[C@H](OC(=O)N/C=C\C(=N)/C=C/c1cccs1)C(=O)O. The van der Waals surface area contributed by atoms with E-state index in [1.807, 2.05) is 17.5 Å². The van der Waals surface area contributed by atoms with Gasteiger partial charge in [-0.3, -0.25) is 5.32 Å². The van der Waals surface area contributed by atoms with Crippen LogP contribution in [0.5, 0.6) is 0 Å². The van der Waals surface area contributed by atoms with E-state index in [0.29, 0.717) is 0 Å². The minimum absolute atomic E-state index is 0.185. The predicted octanol–water partition coefficient (Wildman–Crippen LogP) is 2.49. The molecule has 0 aliphatic rings. The van der Waals surface area contributed by atoms with Crippen LogP contribution in [-0.4, -0.2) is 29.0 Å². The highest BCUT2D eigenvalue weighted by molar-refractivity contribution is 7.10. The molecule has 0 aromatic carbocycles. The molecule has 106 valence electrons. The van der Waals surface area contributed by atoms with E-state index in [1.54, 1.807) is 23.5 Å². The lowest BCUT2D eigenvalue weighted by Gasteiger charge is -2.07. The second-order valence-corrected chi connectivity index (χ2v) is 4.65. The van der Waals surface area contributed by atoms with Gasteiger partial charge in [0.2, 0.25) is 0 Å². The first-order valence-corrected chi connectivity index (χ1v) is 6.53. The normalized spacial score (nSPS) is 12.4. The van der Waals surface area contributed by atoms with Gasteiger partial charge in [0.15, 0.2) is 6.10 Å². The average molecular weight is 294 g/mol. The second-order valence-electron chi connectivity index (χ2n) is 3.67. The Morgan fingerprint density at radius 2 is 2.25 bits per heavy atom. The van der Waals surface area contributed by atoms with Crippen molar-refractivity contribution in [3.8, 4) is 0 Å². The molecule has 1 atom stereocenters. The second kappa shape index (κ2) is 7.90. The molecule has 0 fully saturated rings. The maximum atomic E-state index is 11.1. The quantitative estimate of drug-likeness (QED) is 0.702. The topological polar surface area (TPSA) is 99.5 Å². The Kier molecular flexibility index (Phi) is 6.18. The molecule has 7 heteroatoms. The lowest BCUT2D eigenvalue weighted by atomic mass is 10.3. The molecule has 1 aromatic rings. The number of hydrogen-bond acceptors (Lipinski definition) is 5. The molecule has 6 nitrogen and oxygen atoms in total. The van der Waals surface area contributed by atoms with Crippen molar-refractivity contribution in [1.29, 1.82) is 5.41 Å². The fourth-order valence-electron chi connectivity index (χ4n) is 1.06. The van der Waals surface area contributed by atoms with Crippen LogP contribution in [0.1, 0.15) is 11.8 Å². The van der Waals surface area contributed by atoms with E-state index in [0.717, 1.165) is 4.88 Å². The molecule has 0 bridgehead atoms. The summed E-state index contributed by atoms with van der Waals surface area (Å²) in [4.78, 5) is 22.6. The van der Waals surface area contributed by atoms with E-state index >= 15 is 0 Å². The summed E-state index contributed by atoms with van der Waals surface area (Å²) in [5.41, 5.74) is 0.185. The maximum absolute atomic E-state index is 11.1. The van der Waals surface area contributed by atoms with Crippen molar-refractivity contribution < 1.29 is 19.4 Å². The van der Waals surface area contributed by atoms with Crippen LogP contribution in [0.3, 0.4) is 0 Å². The van der Waals surface area contributed by atoms with Gasteiger partial charge in [-0.2, -0.15) is 0 Å². The number of carboxylic acid groups (broad SMARTS) is 1. The van der Waals surface area contributed by atoms with Crippen molar-refractivity contribution in [2.75, 3.05) is 0 Å². The number of carboxylic acids is 1. The molecule has 3 N–H and O–H groups in total. The summed E-state index contributed by atoms with van der Waals surface area (Å²) >= 11 is 1.55. The zero-order valence-corrected chi connectivity index (χ0v) is 11.5. The van der Waals surface area contributed by atoms with Crippen LogP contribution in [0.2, 0.25) is 0 Å². The van der Waals surface area contributed by atoms with E-state index < -0.39 is 18.2 Å². The monoisotopic (exact) mass is 294 g/mol. The molecule has 0 spiro atoms. The minimum Gasteiger partial charge on any atom is -0.479 e. The number of carbonyl (C=O) groups excluding carboxylic acids is 1. The van der Waals surface area contributed by atoms with Crippen LogP contribution in [0.25, 0.3) is 6.08 Å². The third-order valence-corrected chi connectivity index (χ3v) is 2.90. The molecule has 0 unspecified atom stereocenters. The summed E-state index contributed by atoms with van der Waals surface area (Å²) in [6, 6.07) is 3.83. The number of aliphatic carboxylic acids is 1. The zero-order chi connectivity index (χ0) is 15.0. The summed E-state index contributed by atoms with van der Waals surface area (Å²) in [6.45, 7) is 1.25. The molecule has 1 amide bonds. The van der Waals surface area contributed by atoms with Gasteiger partial charge in [0.05, 0.1) is 5.71 Å². The van der Waals surface area contributed by atoms with Gasteiger partial charge in [-0.15, -0.1) is 11.3 Å². The number of nitrogens with one attached hydrogen (secondary N) is 2. The Balaban J connectivity index is 2.35. The van der Waals surface area contributed by atoms with Gasteiger partial charge in [0.25, 0.3) is 0 Å². The van der Waals surface area contributed by atoms with E-state index in [-0.39, 0.29) is 5.71 Å². The van der Waals surface area contributed by atoms with Crippen molar-refractivity contribution in [3.63, 3.8) is 0 Å². The highest BCUT2D eigenvalue weighted by atomic mass is 32.1. The van der Waals surface area contributed by atoms with E-state index in [4.69, 9.17) is 10.5 Å². The van der Waals surface area contributed by atoms with E-state index in [9.17, 15) is 9.59 Å². The maximum Gasteiger partial charge on any atom is 0.411 e. The van der Waals surface area contributed by atoms with Crippen molar-refractivity contribution in [1.82, 2.24) is 5.32 Å². The van der Waals surface area contributed by atoms with Gasteiger partial charge in [-0.25, -0.2) is 9.59 Å². The van der Waals surface area contributed by atoms with Gasteiger partial charge >= 0.3 is 12.1 Å². The molecule has 0 saturated carbocycles. The largest absolute Gasteiger partial charge is 0.479 e. The molecule has 0 aliphatic heterocycles. The first kappa shape index (κ1) is 15.6. The Morgan fingerprint density at radius 1 is 1.50 bits per heavy atom.